The van der Waals surface area contributed by atoms with Crippen LogP contribution in [0.15, 0.2) is 71.9 Å². The molecule has 2 aliphatic rings. The molecule has 6 nitrogen and oxygen atoms in total. The molecule has 2 aliphatic heterocycles. The summed E-state index contributed by atoms with van der Waals surface area (Å²) in [6.45, 7) is 8.01. The van der Waals surface area contributed by atoms with Gasteiger partial charge >= 0.3 is 0 Å². The van der Waals surface area contributed by atoms with Gasteiger partial charge < -0.3 is 20.4 Å². The number of aliphatic imine (C=N–C) groups is 1. The molecular formula is C24H27N5OS2. The van der Waals surface area contributed by atoms with Crippen molar-refractivity contribution in [3.8, 4) is 0 Å². The Morgan fingerprint density at radius 3 is 2.59 bits per heavy atom. The van der Waals surface area contributed by atoms with Gasteiger partial charge in [-0.05, 0) is 24.7 Å². The zero-order valence-electron chi connectivity index (χ0n) is 18.1. The van der Waals surface area contributed by atoms with E-state index in [0.29, 0.717) is 5.84 Å². The number of anilines is 1. The van der Waals surface area contributed by atoms with Gasteiger partial charge in [-0.3, -0.25) is 4.79 Å². The molecule has 2 heterocycles. The molecule has 166 valence electrons. The highest BCUT2D eigenvalue weighted by Gasteiger charge is 2.27. The number of fused-ring (bicyclic) bond motifs is 1. The van der Waals surface area contributed by atoms with Gasteiger partial charge in [0.15, 0.2) is 0 Å². The lowest BCUT2D eigenvalue weighted by atomic mass is 9.94. The SMILES string of the molecule is C=C1Nc2ccccc2N=C(NC(=O)CSC(=S)N2CCN(C)CC2)C1c1ccccc1. The lowest BCUT2D eigenvalue weighted by Crippen LogP contribution is -2.46. The highest BCUT2D eigenvalue weighted by atomic mass is 32.2. The quantitative estimate of drug-likeness (QED) is 0.672. The van der Waals surface area contributed by atoms with E-state index in [1.165, 1.54) is 11.8 Å². The Labute approximate surface area is 198 Å². The van der Waals surface area contributed by atoms with Crippen molar-refractivity contribution in [3.63, 3.8) is 0 Å². The number of amidine groups is 1. The maximum absolute atomic E-state index is 12.9. The summed E-state index contributed by atoms with van der Waals surface area (Å²) < 4.78 is 0.770. The van der Waals surface area contributed by atoms with Crippen molar-refractivity contribution < 1.29 is 4.79 Å². The molecule has 1 saturated heterocycles. The van der Waals surface area contributed by atoms with Crippen molar-refractivity contribution in [1.29, 1.82) is 0 Å². The number of carbonyl (C=O) groups is 1. The fourth-order valence-corrected chi connectivity index (χ4v) is 4.82. The fraction of sp³-hybridized carbons (Fsp3) is 0.292. The first-order chi connectivity index (χ1) is 15.5. The van der Waals surface area contributed by atoms with Crippen LogP contribution in [0.5, 0.6) is 0 Å². The van der Waals surface area contributed by atoms with Crippen LogP contribution in [0, 0.1) is 0 Å². The van der Waals surface area contributed by atoms with Crippen molar-refractivity contribution >= 4 is 51.4 Å². The number of amides is 1. The van der Waals surface area contributed by atoms with E-state index >= 15 is 0 Å². The molecule has 0 radical (unpaired) electrons. The third kappa shape index (κ3) is 5.38. The summed E-state index contributed by atoms with van der Waals surface area (Å²) in [4.78, 5) is 22.2. The number of rotatable bonds is 3. The number of likely N-dealkylation sites (N-methyl/N-ethyl adjacent to an activating group) is 1. The Hall–Kier alpha value is -2.68. The summed E-state index contributed by atoms with van der Waals surface area (Å²) in [5.74, 6) is 0.406. The normalized spacial score (nSPS) is 18.8. The minimum absolute atomic E-state index is 0.127. The topological polar surface area (TPSA) is 60.0 Å². The van der Waals surface area contributed by atoms with Crippen LogP contribution < -0.4 is 10.6 Å². The van der Waals surface area contributed by atoms with Crippen LogP contribution in [0.1, 0.15) is 11.5 Å². The number of piperazine rings is 1. The first-order valence-corrected chi connectivity index (χ1v) is 12.0. The summed E-state index contributed by atoms with van der Waals surface area (Å²) in [6.07, 6.45) is 0. The van der Waals surface area contributed by atoms with Crippen LogP contribution in [0.2, 0.25) is 0 Å². The average molecular weight is 466 g/mol. The number of thioether (sulfide) groups is 1. The zero-order valence-corrected chi connectivity index (χ0v) is 19.7. The molecule has 1 amide bonds. The van der Waals surface area contributed by atoms with Crippen LogP contribution in [0.25, 0.3) is 0 Å². The number of nitrogens with one attached hydrogen (secondary N) is 2. The van der Waals surface area contributed by atoms with Gasteiger partial charge in [-0.25, -0.2) is 4.99 Å². The highest BCUT2D eigenvalue weighted by molar-refractivity contribution is 8.23. The van der Waals surface area contributed by atoms with Gasteiger partial charge in [0.05, 0.1) is 23.0 Å². The second kappa shape index (κ2) is 10.3. The number of hydrogen-bond acceptors (Lipinski definition) is 6. The first kappa shape index (κ1) is 22.5. The van der Waals surface area contributed by atoms with E-state index in [2.05, 4.69) is 34.1 Å². The molecule has 4 rings (SSSR count). The molecule has 2 aromatic rings. The minimum Gasteiger partial charge on any atom is -0.357 e. The molecular weight excluding hydrogens is 438 g/mol. The van der Waals surface area contributed by atoms with Crippen LogP contribution in [-0.2, 0) is 4.79 Å². The molecule has 32 heavy (non-hydrogen) atoms. The van der Waals surface area contributed by atoms with Crippen molar-refractivity contribution in [2.75, 3.05) is 44.3 Å². The lowest BCUT2D eigenvalue weighted by Gasteiger charge is -2.33. The molecule has 0 saturated carbocycles. The van der Waals surface area contributed by atoms with Crippen molar-refractivity contribution in [3.05, 3.63) is 72.4 Å². The van der Waals surface area contributed by atoms with Gasteiger partial charge in [-0.15, -0.1) is 0 Å². The monoisotopic (exact) mass is 465 g/mol. The van der Waals surface area contributed by atoms with Crippen LogP contribution in [0.4, 0.5) is 11.4 Å². The van der Waals surface area contributed by atoms with E-state index < -0.39 is 0 Å². The molecule has 0 bridgehead atoms. The van der Waals surface area contributed by atoms with E-state index in [9.17, 15) is 4.79 Å². The van der Waals surface area contributed by atoms with Crippen LogP contribution >= 0.6 is 24.0 Å². The number of para-hydroxylation sites is 2. The minimum atomic E-state index is -0.276. The number of benzene rings is 2. The van der Waals surface area contributed by atoms with Gasteiger partial charge in [-0.2, -0.15) is 0 Å². The average Bonchev–Trinajstić information content (AvgIpc) is 2.93. The number of carbonyl (C=O) groups excluding carboxylic acids is 1. The Bertz CT molecular complexity index is 1030. The summed E-state index contributed by atoms with van der Waals surface area (Å²) in [5.41, 5.74) is 3.41. The van der Waals surface area contributed by atoms with Gasteiger partial charge in [0, 0.05) is 31.9 Å². The third-order valence-electron chi connectivity index (χ3n) is 5.55. The predicted molar refractivity (Wildman–Crippen MR) is 138 cm³/mol. The third-order valence-corrected chi connectivity index (χ3v) is 7.07. The Morgan fingerprint density at radius 2 is 1.84 bits per heavy atom. The zero-order chi connectivity index (χ0) is 22.5. The molecule has 0 aromatic heterocycles. The second-order valence-electron chi connectivity index (χ2n) is 7.90. The molecule has 8 heteroatoms. The van der Waals surface area contributed by atoms with E-state index in [1.807, 2.05) is 54.6 Å². The van der Waals surface area contributed by atoms with E-state index in [1.54, 1.807) is 0 Å². The number of thiocarbonyl (C=S) groups is 1. The highest BCUT2D eigenvalue weighted by Crippen LogP contribution is 2.35. The van der Waals surface area contributed by atoms with Gasteiger partial charge in [0.25, 0.3) is 0 Å². The molecule has 2 aromatic carbocycles. The Kier molecular flexibility index (Phi) is 7.24. The Morgan fingerprint density at radius 1 is 1.16 bits per heavy atom. The van der Waals surface area contributed by atoms with E-state index in [-0.39, 0.29) is 17.6 Å². The maximum atomic E-state index is 12.9. The van der Waals surface area contributed by atoms with Crippen molar-refractivity contribution in [1.82, 2.24) is 15.1 Å². The summed E-state index contributed by atoms with van der Waals surface area (Å²) in [6, 6.07) is 17.7. The van der Waals surface area contributed by atoms with E-state index in [4.69, 9.17) is 17.2 Å². The lowest BCUT2D eigenvalue weighted by molar-refractivity contribution is -0.117. The molecule has 0 spiro atoms. The smallest absolute Gasteiger partial charge is 0.235 e. The van der Waals surface area contributed by atoms with Gasteiger partial charge in [0.2, 0.25) is 5.91 Å². The van der Waals surface area contributed by atoms with Crippen LogP contribution in [-0.4, -0.2) is 64.8 Å². The van der Waals surface area contributed by atoms with Gasteiger partial charge in [0.1, 0.15) is 10.2 Å². The summed E-state index contributed by atoms with van der Waals surface area (Å²) >= 11 is 6.97. The Balaban J connectivity index is 1.49. The summed E-state index contributed by atoms with van der Waals surface area (Å²) in [5, 5.41) is 6.42. The van der Waals surface area contributed by atoms with Crippen molar-refractivity contribution in [2.45, 2.75) is 5.92 Å². The second-order valence-corrected chi connectivity index (χ2v) is 9.51. The van der Waals surface area contributed by atoms with Crippen molar-refractivity contribution in [2.24, 2.45) is 4.99 Å². The molecule has 1 unspecified atom stereocenters. The number of nitrogens with zero attached hydrogens (tertiary/aromatic N) is 3. The molecule has 1 fully saturated rings. The number of hydrogen-bond donors (Lipinski definition) is 2. The first-order valence-electron chi connectivity index (χ1n) is 10.6. The largest absolute Gasteiger partial charge is 0.357 e. The summed E-state index contributed by atoms with van der Waals surface area (Å²) in [7, 11) is 2.11. The van der Waals surface area contributed by atoms with Gasteiger partial charge in [-0.1, -0.05) is 73.0 Å². The maximum Gasteiger partial charge on any atom is 0.235 e. The molecule has 2 N–H and O–H groups in total. The predicted octanol–water partition coefficient (Wildman–Crippen LogP) is 3.82. The van der Waals surface area contributed by atoms with E-state index in [0.717, 1.165) is 53.1 Å². The fourth-order valence-electron chi connectivity index (χ4n) is 3.77. The molecule has 1 atom stereocenters. The molecule has 0 aliphatic carbocycles. The van der Waals surface area contributed by atoms with Crippen LogP contribution in [0.3, 0.4) is 0 Å². The standard InChI is InChI=1S/C24H27N5OS2/c1-17-22(18-8-4-3-5-9-18)23(26-20-11-7-6-10-19(20)25-17)27-21(30)16-32-24(31)29-14-12-28(2)13-15-29/h3-11,22,25H,1,12-16H2,2H3,(H,26,27,30).